The fraction of sp³-hybridized carbons (Fsp3) is 0.857. The average Bonchev–Trinajstić information content (AvgIpc) is 2.82. The van der Waals surface area contributed by atoms with Crippen LogP contribution < -0.4 is 0 Å². The van der Waals surface area contributed by atoms with Gasteiger partial charge in [0, 0.05) is 6.42 Å². The number of aliphatic carboxylic acids is 1. The lowest BCUT2D eigenvalue weighted by molar-refractivity contribution is -0.151. The van der Waals surface area contributed by atoms with E-state index in [0.717, 1.165) is 0 Å². The Morgan fingerprint density at radius 2 is 0.794 bits per heavy atom. The smallest absolute Gasteiger partial charge is 0.372 e. The van der Waals surface area contributed by atoms with Crippen molar-refractivity contribution >= 4 is 17.7 Å². The number of Topliss-reactive ketones (excluding diaryl/α,β-unsaturated/α-hetero) is 1. The summed E-state index contributed by atoms with van der Waals surface area (Å²) in [5.74, 6) is -3.23. The van der Waals surface area contributed by atoms with Gasteiger partial charge in [-0.05, 0) is 0 Å². The van der Waals surface area contributed by atoms with Gasteiger partial charge in [0.25, 0.3) is 0 Å². The number of ether oxygens (including phenoxy) is 8. The van der Waals surface area contributed by atoms with Crippen LogP contribution in [0.25, 0.3) is 0 Å². The molecule has 34 heavy (non-hydrogen) atoms. The van der Waals surface area contributed by atoms with E-state index >= 15 is 0 Å². The first-order chi connectivity index (χ1) is 16.6. The summed E-state index contributed by atoms with van der Waals surface area (Å²) in [7, 11) is 0. The summed E-state index contributed by atoms with van der Waals surface area (Å²) in [6.07, 6.45) is -0.654. The van der Waals surface area contributed by atoms with Crippen LogP contribution in [0.2, 0.25) is 0 Å². The number of aliphatic hydroxyl groups is 1. The van der Waals surface area contributed by atoms with Crippen molar-refractivity contribution in [3.8, 4) is 0 Å². The van der Waals surface area contributed by atoms with Gasteiger partial charge < -0.3 is 48.1 Å². The molecular weight excluding hydrogens is 460 g/mol. The van der Waals surface area contributed by atoms with E-state index in [4.69, 9.17) is 48.1 Å². The van der Waals surface area contributed by atoms with Gasteiger partial charge in [-0.3, -0.25) is 9.59 Å². The van der Waals surface area contributed by atoms with Crippen molar-refractivity contribution in [2.75, 3.05) is 106 Å². The molecule has 0 radical (unpaired) electrons. The van der Waals surface area contributed by atoms with Crippen molar-refractivity contribution in [1.82, 2.24) is 0 Å². The van der Waals surface area contributed by atoms with Gasteiger partial charge in [0.15, 0.2) is 0 Å². The van der Waals surface area contributed by atoms with Crippen molar-refractivity contribution in [2.24, 2.45) is 0 Å². The fourth-order valence-corrected chi connectivity index (χ4v) is 2.10. The maximum absolute atomic E-state index is 11.3. The van der Waals surface area contributed by atoms with Gasteiger partial charge in [0.05, 0.1) is 106 Å². The largest absolute Gasteiger partial charge is 0.476 e. The first-order valence-electron chi connectivity index (χ1n) is 11.1. The molecule has 0 rings (SSSR count). The van der Waals surface area contributed by atoms with Crippen LogP contribution in [0, 0.1) is 0 Å². The first kappa shape index (κ1) is 32.3. The van der Waals surface area contributed by atoms with Gasteiger partial charge in [-0.25, -0.2) is 4.79 Å². The SMILES string of the molecule is O=C(CCC(=O)C(=O)O)OCCOCCOCCOCCOCCOCCOCCOCCO. The monoisotopic (exact) mass is 498 g/mol. The predicted octanol–water partition coefficient (Wildman–Crippen LogP) is -0.928. The highest BCUT2D eigenvalue weighted by Gasteiger charge is 2.14. The van der Waals surface area contributed by atoms with Gasteiger partial charge >= 0.3 is 11.9 Å². The minimum atomic E-state index is -1.56. The third-order valence-corrected chi connectivity index (χ3v) is 3.75. The molecule has 0 saturated carbocycles. The molecule has 0 fully saturated rings. The fourth-order valence-electron chi connectivity index (χ4n) is 2.10. The highest BCUT2D eigenvalue weighted by molar-refractivity contribution is 6.32. The Morgan fingerprint density at radius 3 is 1.12 bits per heavy atom. The van der Waals surface area contributed by atoms with E-state index in [2.05, 4.69) is 0 Å². The second-order valence-electron chi connectivity index (χ2n) is 6.46. The summed E-state index contributed by atoms with van der Waals surface area (Å²) in [5.41, 5.74) is 0. The molecule has 0 amide bonds. The van der Waals surface area contributed by atoms with E-state index in [1.165, 1.54) is 0 Å². The summed E-state index contributed by atoms with van der Waals surface area (Å²) < 4.78 is 41.8. The Morgan fingerprint density at radius 1 is 0.471 bits per heavy atom. The standard InChI is InChI=1S/C21H38O13/c22-3-4-27-5-6-28-7-8-29-9-10-30-11-12-31-13-14-32-15-16-33-17-18-34-20(24)2-1-19(23)21(25)26/h22H,1-18H2,(H,25,26). The summed E-state index contributed by atoms with van der Waals surface area (Å²) in [6.45, 7) is 5.73. The molecule has 0 saturated heterocycles. The third-order valence-electron chi connectivity index (χ3n) is 3.75. The topological polar surface area (TPSA) is 166 Å². The Labute approximate surface area is 199 Å². The van der Waals surface area contributed by atoms with Crippen LogP contribution in [0.15, 0.2) is 0 Å². The number of esters is 1. The molecule has 0 heterocycles. The van der Waals surface area contributed by atoms with Crippen molar-refractivity contribution in [3.05, 3.63) is 0 Å². The van der Waals surface area contributed by atoms with E-state index in [-0.39, 0.29) is 32.7 Å². The van der Waals surface area contributed by atoms with Crippen LogP contribution in [-0.2, 0) is 52.3 Å². The molecule has 0 bridgehead atoms. The Hall–Kier alpha value is -1.71. The van der Waals surface area contributed by atoms with E-state index < -0.39 is 17.7 Å². The molecule has 0 aliphatic heterocycles. The quantitative estimate of drug-likeness (QED) is 0.0811. The number of hydrogen-bond donors (Lipinski definition) is 2. The van der Waals surface area contributed by atoms with Gasteiger partial charge in [-0.2, -0.15) is 0 Å². The van der Waals surface area contributed by atoms with Gasteiger partial charge in [-0.15, -0.1) is 0 Å². The van der Waals surface area contributed by atoms with E-state index in [1.54, 1.807) is 0 Å². The van der Waals surface area contributed by atoms with Crippen LogP contribution in [0.1, 0.15) is 12.8 Å². The van der Waals surface area contributed by atoms with Gasteiger partial charge in [0.1, 0.15) is 6.61 Å². The maximum Gasteiger partial charge on any atom is 0.372 e. The molecule has 0 aromatic carbocycles. The second-order valence-corrected chi connectivity index (χ2v) is 6.46. The Balaban J connectivity index is 3.14. The number of carbonyl (C=O) groups excluding carboxylic acids is 2. The summed E-state index contributed by atoms with van der Waals surface area (Å²) in [5, 5.41) is 16.9. The number of carbonyl (C=O) groups is 3. The van der Waals surface area contributed by atoms with Crippen LogP contribution in [0.3, 0.4) is 0 Å². The van der Waals surface area contributed by atoms with Crippen molar-refractivity contribution < 1.29 is 62.5 Å². The molecule has 2 N–H and O–H groups in total. The molecule has 13 nitrogen and oxygen atoms in total. The lowest BCUT2D eigenvalue weighted by atomic mass is 10.2. The normalized spacial score (nSPS) is 11.0. The van der Waals surface area contributed by atoms with Crippen molar-refractivity contribution in [3.63, 3.8) is 0 Å². The van der Waals surface area contributed by atoms with Crippen molar-refractivity contribution in [1.29, 1.82) is 0 Å². The lowest BCUT2D eigenvalue weighted by Crippen LogP contribution is -2.17. The predicted molar refractivity (Wildman–Crippen MR) is 116 cm³/mol. The van der Waals surface area contributed by atoms with Gasteiger partial charge in [0.2, 0.25) is 5.78 Å². The number of aliphatic hydroxyl groups excluding tert-OH is 1. The molecule has 200 valence electrons. The van der Waals surface area contributed by atoms with E-state index in [1.807, 2.05) is 0 Å². The Bertz CT molecular complexity index is 501. The highest BCUT2D eigenvalue weighted by Crippen LogP contribution is 1.95. The molecule has 13 heteroatoms. The molecular formula is C21H38O13. The lowest BCUT2D eigenvalue weighted by Gasteiger charge is -2.08. The molecule has 0 atom stereocenters. The summed E-state index contributed by atoms with van der Waals surface area (Å²) in [4.78, 5) is 32.5. The minimum absolute atomic E-state index is 0.00911. The van der Waals surface area contributed by atoms with Crippen molar-refractivity contribution in [2.45, 2.75) is 12.8 Å². The molecule has 0 unspecified atom stereocenters. The molecule has 0 aromatic heterocycles. The molecule has 0 aliphatic rings. The van der Waals surface area contributed by atoms with Gasteiger partial charge in [-0.1, -0.05) is 0 Å². The zero-order valence-electron chi connectivity index (χ0n) is 19.6. The number of hydrogen-bond acceptors (Lipinski definition) is 12. The molecule has 0 aromatic rings. The minimum Gasteiger partial charge on any atom is -0.476 e. The van der Waals surface area contributed by atoms with Crippen LogP contribution in [-0.4, -0.2) is 134 Å². The summed E-state index contributed by atoms with van der Waals surface area (Å²) >= 11 is 0. The van der Waals surface area contributed by atoms with E-state index in [9.17, 15) is 14.4 Å². The Kier molecular flexibility index (Phi) is 24.6. The second kappa shape index (κ2) is 25.9. The van der Waals surface area contributed by atoms with Crippen LogP contribution in [0.4, 0.5) is 0 Å². The molecule has 0 spiro atoms. The molecule has 0 aliphatic carbocycles. The van der Waals surface area contributed by atoms with E-state index in [0.29, 0.717) is 85.9 Å². The zero-order chi connectivity index (χ0) is 25.1. The number of rotatable bonds is 27. The summed E-state index contributed by atoms with van der Waals surface area (Å²) in [6, 6.07) is 0. The number of carboxylic acids is 1. The van der Waals surface area contributed by atoms with Crippen LogP contribution >= 0.6 is 0 Å². The maximum atomic E-state index is 11.3. The highest BCUT2D eigenvalue weighted by atomic mass is 16.6. The number of carboxylic acid groups (broad SMARTS) is 1. The number of ketones is 1. The third kappa shape index (κ3) is 24.9. The van der Waals surface area contributed by atoms with Crippen LogP contribution in [0.5, 0.6) is 0 Å². The first-order valence-corrected chi connectivity index (χ1v) is 11.1. The average molecular weight is 499 g/mol. The zero-order valence-corrected chi connectivity index (χ0v) is 19.6.